The summed E-state index contributed by atoms with van der Waals surface area (Å²) in [6.07, 6.45) is 4.19. The first kappa shape index (κ1) is 19.4. The maximum atomic E-state index is 12.9. The molecule has 0 spiro atoms. The van der Waals surface area contributed by atoms with Crippen LogP contribution in [-0.2, 0) is 9.53 Å². The number of aryl methyl sites for hydroxylation is 1. The number of morpholine rings is 1. The number of H-pyrrole nitrogens is 1. The molecule has 0 unspecified atom stereocenters. The number of anilines is 2. The van der Waals surface area contributed by atoms with Crippen molar-refractivity contribution in [2.45, 2.75) is 45.6 Å². The molecule has 1 aliphatic heterocycles. The van der Waals surface area contributed by atoms with Gasteiger partial charge in [-0.05, 0) is 44.3 Å². The summed E-state index contributed by atoms with van der Waals surface area (Å²) in [7, 11) is 0. The van der Waals surface area contributed by atoms with Gasteiger partial charge in [0.2, 0.25) is 5.91 Å². The molecule has 158 valence electrons. The lowest BCUT2D eigenvalue weighted by molar-refractivity contribution is -0.119. The first-order chi connectivity index (χ1) is 14.6. The van der Waals surface area contributed by atoms with Crippen molar-refractivity contribution in [2.24, 2.45) is 5.92 Å². The van der Waals surface area contributed by atoms with Gasteiger partial charge in [0.1, 0.15) is 17.0 Å². The third kappa shape index (κ3) is 3.56. The highest BCUT2D eigenvalue weighted by atomic mass is 32.1. The average molecular weight is 427 g/mol. The van der Waals surface area contributed by atoms with Crippen LogP contribution in [0.4, 0.5) is 11.5 Å². The highest BCUT2D eigenvalue weighted by Gasteiger charge is 2.27. The Morgan fingerprint density at radius 1 is 1.33 bits per heavy atom. The van der Waals surface area contributed by atoms with E-state index in [2.05, 4.69) is 31.7 Å². The molecule has 1 saturated carbocycles. The smallest absolute Gasteiger partial charge is 0.227 e. The average Bonchev–Trinajstić information content (AvgIpc) is 3.48. The fourth-order valence-electron chi connectivity index (χ4n) is 4.36. The fourth-order valence-corrected chi connectivity index (χ4v) is 5.16. The van der Waals surface area contributed by atoms with Crippen molar-refractivity contribution in [3.05, 3.63) is 17.8 Å². The Hall–Kier alpha value is -2.52. The normalized spacial score (nSPS) is 20.2. The van der Waals surface area contributed by atoms with Gasteiger partial charge in [0.15, 0.2) is 0 Å². The molecule has 4 heterocycles. The van der Waals surface area contributed by atoms with E-state index in [1.807, 2.05) is 19.1 Å². The number of rotatable bonds is 4. The summed E-state index contributed by atoms with van der Waals surface area (Å²) in [6.45, 7) is 6.18. The maximum Gasteiger partial charge on any atom is 0.227 e. The molecule has 1 aliphatic carbocycles. The van der Waals surface area contributed by atoms with Crippen molar-refractivity contribution in [3.8, 4) is 11.4 Å². The van der Waals surface area contributed by atoms with Crippen LogP contribution in [0.15, 0.2) is 12.1 Å². The molecule has 1 amide bonds. The third-order valence-electron chi connectivity index (χ3n) is 6.02. The lowest BCUT2D eigenvalue weighted by Gasteiger charge is -2.34. The molecule has 0 bridgehead atoms. The van der Waals surface area contributed by atoms with Crippen LogP contribution in [0.2, 0.25) is 0 Å². The summed E-state index contributed by atoms with van der Waals surface area (Å²) < 4.78 is 11.2. The second kappa shape index (κ2) is 7.96. The summed E-state index contributed by atoms with van der Waals surface area (Å²) in [5.41, 5.74) is 4.10. The predicted molar refractivity (Wildman–Crippen MR) is 118 cm³/mol. The van der Waals surface area contributed by atoms with Gasteiger partial charge in [-0.25, -0.2) is 4.98 Å². The Bertz CT molecular complexity index is 1070. The summed E-state index contributed by atoms with van der Waals surface area (Å²) in [5.74, 6) is 1.05. The molecule has 2 aliphatic rings. The monoisotopic (exact) mass is 426 g/mol. The van der Waals surface area contributed by atoms with E-state index in [9.17, 15) is 4.79 Å². The van der Waals surface area contributed by atoms with Crippen LogP contribution in [0.1, 0.15) is 38.3 Å². The number of nitrogens with zero attached hydrogens (tertiary/aromatic N) is 4. The fraction of sp³-hybridized carbons (Fsp3) is 0.524. The van der Waals surface area contributed by atoms with Crippen molar-refractivity contribution in [1.29, 1.82) is 0 Å². The first-order valence-corrected chi connectivity index (χ1v) is 11.4. The number of aromatic amines is 1. The van der Waals surface area contributed by atoms with E-state index in [1.54, 1.807) is 0 Å². The summed E-state index contributed by atoms with van der Waals surface area (Å²) in [4.78, 5) is 20.1. The summed E-state index contributed by atoms with van der Waals surface area (Å²) in [6, 6.07) is 4.18. The van der Waals surface area contributed by atoms with Gasteiger partial charge < -0.3 is 15.0 Å². The molecule has 3 aromatic rings. The Kier molecular flexibility index (Phi) is 5.16. The number of pyridine rings is 1. The van der Waals surface area contributed by atoms with Gasteiger partial charge in [-0.1, -0.05) is 12.8 Å². The van der Waals surface area contributed by atoms with E-state index < -0.39 is 0 Å². The van der Waals surface area contributed by atoms with Crippen LogP contribution in [0.3, 0.4) is 0 Å². The zero-order valence-electron chi connectivity index (χ0n) is 17.3. The number of hydrogen-bond acceptors (Lipinski definition) is 7. The third-order valence-corrected chi connectivity index (χ3v) is 6.89. The van der Waals surface area contributed by atoms with Crippen molar-refractivity contribution >= 4 is 39.2 Å². The first-order valence-electron chi connectivity index (χ1n) is 10.6. The van der Waals surface area contributed by atoms with Crippen LogP contribution in [0, 0.1) is 12.8 Å². The molecule has 0 aromatic carbocycles. The molecular formula is C21H26N6O2S. The molecule has 30 heavy (non-hydrogen) atoms. The summed E-state index contributed by atoms with van der Waals surface area (Å²) in [5, 5.41) is 10.5. The molecule has 0 radical (unpaired) electrons. The number of hydrogen-bond donors (Lipinski definition) is 2. The standard InChI is InChI=1S/C21H26N6O2S/c1-12-9-15(25-24-12)18-19-20(30-26-18)16(22-21(28)14-5-3-4-6-14)10-17(23-19)27-7-8-29-11-13(27)2/h9-10,13-14H,3-8,11H2,1-2H3,(H,24,25)(H,22,23,28)/t13-/m1/s1. The van der Waals surface area contributed by atoms with Crippen LogP contribution in [0.25, 0.3) is 21.6 Å². The van der Waals surface area contributed by atoms with E-state index in [1.165, 1.54) is 11.5 Å². The van der Waals surface area contributed by atoms with Crippen LogP contribution >= 0.6 is 11.5 Å². The molecule has 2 fully saturated rings. The van der Waals surface area contributed by atoms with Gasteiger partial charge in [0, 0.05) is 18.5 Å². The zero-order valence-corrected chi connectivity index (χ0v) is 18.1. The van der Waals surface area contributed by atoms with E-state index >= 15 is 0 Å². The topological polar surface area (TPSA) is 96.0 Å². The number of carbonyl (C=O) groups excluding carboxylic acids is 1. The predicted octanol–water partition coefficient (Wildman–Crippen LogP) is 3.74. The van der Waals surface area contributed by atoms with Crippen LogP contribution < -0.4 is 10.2 Å². The second-order valence-corrected chi connectivity index (χ2v) is 9.02. The zero-order chi connectivity index (χ0) is 20.7. The van der Waals surface area contributed by atoms with E-state index in [4.69, 9.17) is 9.72 Å². The van der Waals surface area contributed by atoms with Crippen molar-refractivity contribution < 1.29 is 9.53 Å². The SMILES string of the molecule is Cc1cc(-c2nsc3c(NC(=O)C4CCCC4)cc(N4CCOC[C@H]4C)nc23)[nH]n1. The lowest BCUT2D eigenvalue weighted by Crippen LogP contribution is -2.44. The van der Waals surface area contributed by atoms with E-state index in [0.717, 1.165) is 71.0 Å². The number of ether oxygens (including phenoxy) is 1. The highest BCUT2D eigenvalue weighted by molar-refractivity contribution is 7.14. The number of aromatic nitrogens is 4. The molecule has 2 N–H and O–H groups in total. The van der Waals surface area contributed by atoms with Gasteiger partial charge >= 0.3 is 0 Å². The van der Waals surface area contributed by atoms with Gasteiger partial charge in [-0.2, -0.15) is 9.47 Å². The number of amides is 1. The molecule has 3 aromatic heterocycles. The number of fused-ring (bicyclic) bond motifs is 1. The molecular weight excluding hydrogens is 400 g/mol. The Labute approximate surface area is 179 Å². The van der Waals surface area contributed by atoms with Crippen molar-refractivity contribution in [1.82, 2.24) is 19.6 Å². The minimum atomic E-state index is 0.0987. The minimum Gasteiger partial charge on any atom is -0.377 e. The second-order valence-electron chi connectivity index (χ2n) is 8.25. The number of carbonyl (C=O) groups is 1. The van der Waals surface area contributed by atoms with Gasteiger partial charge in [-0.15, -0.1) is 0 Å². The van der Waals surface area contributed by atoms with E-state index in [0.29, 0.717) is 13.2 Å². The molecule has 1 saturated heterocycles. The van der Waals surface area contributed by atoms with Gasteiger partial charge in [0.05, 0.1) is 41.0 Å². The van der Waals surface area contributed by atoms with E-state index in [-0.39, 0.29) is 17.9 Å². The van der Waals surface area contributed by atoms with Gasteiger partial charge in [-0.3, -0.25) is 9.89 Å². The van der Waals surface area contributed by atoms with Gasteiger partial charge in [0.25, 0.3) is 0 Å². The van der Waals surface area contributed by atoms with Crippen molar-refractivity contribution in [3.63, 3.8) is 0 Å². The molecule has 8 nitrogen and oxygen atoms in total. The van der Waals surface area contributed by atoms with Crippen LogP contribution in [-0.4, -0.2) is 51.3 Å². The highest BCUT2D eigenvalue weighted by Crippen LogP contribution is 2.37. The Morgan fingerprint density at radius 3 is 2.90 bits per heavy atom. The maximum absolute atomic E-state index is 12.9. The van der Waals surface area contributed by atoms with Crippen LogP contribution in [0.5, 0.6) is 0 Å². The molecule has 5 rings (SSSR count). The Balaban J connectivity index is 1.59. The lowest BCUT2D eigenvalue weighted by atomic mass is 10.1. The quantitative estimate of drug-likeness (QED) is 0.660. The molecule has 9 heteroatoms. The summed E-state index contributed by atoms with van der Waals surface area (Å²) >= 11 is 1.37. The van der Waals surface area contributed by atoms with Crippen molar-refractivity contribution in [2.75, 3.05) is 30.0 Å². The molecule has 1 atom stereocenters. The minimum absolute atomic E-state index is 0.0987. The number of nitrogens with one attached hydrogen (secondary N) is 2. The largest absolute Gasteiger partial charge is 0.377 e. The Morgan fingerprint density at radius 2 is 2.17 bits per heavy atom.